The molecule has 0 spiro atoms. The lowest BCUT2D eigenvalue weighted by Crippen LogP contribution is -2.33. The number of nitrogens with zero attached hydrogens (tertiary/aromatic N) is 1. The molecular weight excluding hydrogens is 256 g/mol. The van der Waals surface area contributed by atoms with Crippen LogP contribution in [0.5, 0.6) is 0 Å². The minimum atomic E-state index is -0.473. The van der Waals surface area contributed by atoms with Crippen molar-refractivity contribution in [3.05, 3.63) is 28.8 Å². The molecule has 0 fully saturated rings. The number of esters is 1. The molecule has 18 heavy (non-hydrogen) atoms. The van der Waals surface area contributed by atoms with Gasteiger partial charge in [-0.15, -0.1) is 0 Å². The van der Waals surface area contributed by atoms with Crippen molar-refractivity contribution >= 4 is 29.2 Å². The van der Waals surface area contributed by atoms with E-state index in [1.807, 2.05) is 0 Å². The third-order valence-corrected chi connectivity index (χ3v) is 2.59. The van der Waals surface area contributed by atoms with Gasteiger partial charge in [-0.2, -0.15) is 0 Å². The Morgan fingerprint density at radius 3 is 2.67 bits per heavy atom. The summed E-state index contributed by atoms with van der Waals surface area (Å²) in [6.07, 6.45) is 0. The maximum atomic E-state index is 12.1. The summed E-state index contributed by atoms with van der Waals surface area (Å²) in [5, 5.41) is 0.260. The second-order valence-electron chi connectivity index (χ2n) is 3.67. The second-order valence-corrected chi connectivity index (χ2v) is 4.08. The third-order valence-electron chi connectivity index (χ3n) is 2.28. The van der Waals surface area contributed by atoms with Gasteiger partial charge in [0.05, 0.1) is 17.2 Å². The Hall–Kier alpha value is -1.75. The molecule has 0 aromatic heterocycles. The minimum Gasteiger partial charge on any atom is -0.465 e. The van der Waals surface area contributed by atoms with Crippen molar-refractivity contribution < 1.29 is 14.3 Å². The van der Waals surface area contributed by atoms with E-state index in [-0.39, 0.29) is 29.4 Å². The number of ether oxygens (including phenoxy) is 1. The van der Waals surface area contributed by atoms with Gasteiger partial charge in [-0.25, -0.2) is 0 Å². The standard InChI is InChI=1S/C12H15ClN2O3/c1-3-18-10(16)7-15(2)12(17)11-8(13)5-4-6-9(11)14/h4-6H,3,7,14H2,1-2H3. The molecule has 5 nitrogen and oxygen atoms in total. The van der Waals surface area contributed by atoms with Crippen LogP contribution in [0, 0.1) is 0 Å². The molecule has 0 aliphatic carbocycles. The Bertz CT molecular complexity index is 442. The molecule has 0 heterocycles. The lowest BCUT2D eigenvalue weighted by molar-refractivity contribution is -0.143. The molecule has 1 rings (SSSR count). The number of hydrogen-bond donors (Lipinski definition) is 1. The monoisotopic (exact) mass is 270 g/mol. The number of hydrogen-bond acceptors (Lipinski definition) is 4. The molecule has 1 amide bonds. The average molecular weight is 271 g/mol. The molecule has 0 radical (unpaired) electrons. The third kappa shape index (κ3) is 3.37. The Kier molecular flexibility index (Phi) is 4.97. The first-order chi connectivity index (χ1) is 8.47. The summed E-state index contributed by atoms with van der Waals surface area (Å²) < 4.78 is 4.76. The molecule has 2 N–H and O–H groups in total. The highest BCUT2D eigenvalue weighted by Crippen LogP contribution is 2.23. The van der Waals surface area contributed by atoms with E-state index in [1.54, 1.807) is 25.1 Å². The maximum absolute atomic E-state index is 12.1. The van der Waals surface area contributed by atoms with Crippen molar-refractivity contribution in [2.45, 2.75) is 6.92 Å². The van der Waals surface area contributed by atoms with Crippen LogP contribution in [0.15, 0.2) is 18.2 Å². The van der Waals surface area contributed by atoms with Crippen LogP contribution in [0.3, 0.4) is 0 Å². The van der Waals surface area contributed by atoms with E-state index in [0.717, 1.165) is 0 Å². The SMILES string of the molecule is CCOC(=O)CN(C)C(=O)c1c(N)cccc1Cl. The van der Waals surface area contributed by atoms with Gasteiger partial charge in [0.25, 0.3) is 5.91 Å². The smallest absolute Gasteiger partial charge is 0.325 e. The number of nitrogen functional groups attached to an aromatic ring is 1. The van der Waals surface area contributed by atoms with Crippen LogP contribution in [0.4, 0.5) is 5.69 Å². The highest BCUT2D eigenvalue weighted by atomic mass is 35.5. The number of likely N-dealkylation sites (N-methyl/N-ethyl adjacent to an activating group) is 1. The summed E-state index contributed by atoms with van der Waals surface area (Å²) in [5.41, 5.74) is 6.18. The Balaban J connectivity index is 2.84. The van der Waals surface area contributed by atoms with E-state index >= 15 is 0 Å². The minimum absolute atomic E-state index is 0.142. The fourth-order valence-electron chi connectivity index (χ4n) is 1.43. The molecule has 1 aromatic rings. The van der Waals surface area contributed by atoms with E-state index in [4.69, 9.17) is 22.1 Å². The molecule has 0 saturated carbocycles. The molecule has 0 atom stereocenters. The van der Waals surface area contributed by atoms with Gasteiger partial charge in [0.1, 0.15) is 6.54 Å². The van der Waals surface area contributed by atoms with Gasteiger partial charge in [0, 0.05) is 12.7 Å². The zero-order chi connectivity index (χ0) is 13.7. The van der Waals surface area contributed by atoms with E-state index < -0.39 is 11.9 Å². The molecule has 0 bridgehead atoms. The Morgan fingerprint density at radius 2 is 2.11 bits per heavy atom. The van der Waals surface area contributed by atoms with Crippen molar-refractivity contribution in [1.82, 2.24) is 4.90 Å². The van der Waals surface area contributed by atoms with E-state index in [0.29, 0.717) is 0 Å². The number of amides is 1. The molecule has 0 aliphatic heterocycles. The van der Waals surface area contributed by atoms with Gasteiger partial charge >= 0.3 is 5.97 Å². The van der Waals surface area contributed by atoms with Crippen LogP contribution in [0.25, 0.3) is 0 Å². The first kappa shape index (κ1) is 14.3. The van der Waals surface area contributed by atoms with Crippen molar-refractivity contribution in [2.75, 3.05) is 25.9 Å². The summed E-state index contributed by atoms with van der Waals surface area (Å²) in [7, 11) is 1.49. The molecule has 0 saturated heterocycles. The van der Waals surface area contributed by atoms with Gasteiger partial charge in [-0.05, 0) is 19.1 Å². The van der Waals surface area contributed by atoms with Gasteiger partial charge in [0.2, 0.25) is 0 Å². The molecule has 0 aliphatic rings. The van der Waals surface area contributed by atoms with Crippen molar-refractivity contribution in [3.63, 3.8) is 0 Å². The second kappa shape index (κ2) is 6.26. The van der Waals surface area contributed by atoms with Crippen molar-refractivity contribution in [1.29, 1.82) is 0 Å². The lowest BCUT2D eigenvalue weighted by atomic mass is 10.1. The molecule has 1 aromatic carbocycles. The van der Waals surface area contributed by atoms with E-state index in [2.05, 4.69) is 0 Å². The summed E-state index contributed by atoms with van der Waals surface area (Å²) >= 11 is 5.92. The van der Waals surface area contributed by atoms with Crippen molar-refractivity contribution in [3.8, 4) is 0 Å². The Morgan fingerprint density at radius 1 is 1.44 bits per heavy atom. The number of benzene rings is 1. The van der Waals surface area contributed by atoms with Crippen LogP contribution in [-0.4, -0.2) is 37.0 Å². The predicted octanol–water partition coefficient (Wildman–Crippen LogP) is 1.56. The van der Waals surface area contributed by atoms with E-state index in [9.17, 15) is 9.59 Å². The van der Waals surface area contributed by atoms with Crippen LogP contribution in [0.1, 0.15) is 17.3 Å². The van der Waals surface area contributed by atoms with Crippen LogP contribution >= 0.6 is 11.6 Å². The summed E-state index contributed by atoms with van der Waals surface area (Å²) in [5.74, 6) is -0.884. The highest BCUT2D eigenvalue weighted by molar-refractivity contribution is 6.34. The molecule has 0 unspecified atom stereocenters. The largest absolute Gasteiger partial charge is 0.465 e. The quantitative estimate of drug-likeness (QED) is 0.666. The van der Waals surface area contributed by atoms with Gasteiger partial charge < -0.3 is 15.4 Å². The number of nitrogens with two attached hydrogens (primary N) is 1. The number of anilines is 1. The number of carbonyl (C=O) groups excluding carboxylic acids is 2. The number of halogens is 1. The molecule has 6 heteroatoms. The summed E-state index contributed by atoms with van der Waals surface area (Å²) in [4.78, 5) is 24.6. The fraction of sp³-hybridized carbons (Fsp3) is 0.333. The average Bonchev–Trinajstić information content (AvgIpc) is 2.28. The van der Waals surface area contributed by atoms with Crippen LogP contribution in [0.2, 0.25) is 5.02 Å². The first-order valence-electron chi connectivity index (χ1n) is 5.42. The topological polar surface area (TPSA) is 72.6 Å². The number of carbonyl (C=O) groups is 2. The van der Waals surface area contributed by atoms with Crippen LogP contribution < -0.4 is 5.73 Å². The summed E-state index contributed by atoms with van der Waals surface area (Å²) in [6, 6.07) is 4.81. The maximum Gasteiger partial charge on any atom is 0.325 e. The molecular formula is C12H15ClN2O3. The fourth-order valence-corrected chi connectivity index (χ4v) is 1.69. The Labute approximate surface area is 110 Å². The number of rotatable bonds is 4. The zero-order valence-electron chi connectivity index (χ0n) is 10.3. The first-order valence-corrected chi connectivity index (χ1v) is 5.80. The molecule has 98 valence electrons. The highest BCUT2D eigenvalue weighted by Gasteiger charge is 2.20. The summed E-state index contributed by atoms with van der Waals surface area (Å²) in [6.45, 7) is 1.83. The predicted molar refractivity (Wildman–Crippen MR) is 69.5 cm³/mol. The van der Waals surface area contributed by atoms with Crippen LogP contribution in [-0.2, 0) is 9.53 Å². The van der Waals surface area contributed by atoms with Gasteiger partial charge in [0.15, 0.2) is 0 Å². The lowest BCUT2D eigenvalue weighted by Gasteiger charge is -2.17. The van der Waals surface area contributed by atoms with Crippen molar-refractivity contribution in [2.24, 2.45) is 0 Å². The van der Waals surface area contributed by atoms with Gasteiger partial charge in [-0.1, -0.05) is 17.7 Å². The normalized spacial score (nSPS) is 9.94. The van der Waals surface area contributed by atoms with E-state index in [1.165, 1.54) is 11.9 Å². The van der Waals surface area contributed by atoms with Gasteiger partial charge in [-0.3, -0.25) is 9.59 Å². The zero-order valence-corrected chi connectivity index (χ0v) is 11.0.